The molecule has 4 rings (SSSR count). The quantitative estimate of drug-likeness (QED) is 0.285. The Balaban J connectivity index is 0.000000559. The molecule has 0 atom stereocenters. The predicted octanol–water partition coefficient (Wildman–Crippen LogP) is 6.66. The summed E-state index contributed by atoms with van der Waals surface area (Å²) >= 11 is 0. The molecule has 1 aliphatic rings. The first kappa shape index (κ1) is 30.7. The van der Waals surface area contributed by atoms with Gasteiger partial charge in [-0.25, -0.2) is 9.78 Å². The largest absolute Gasteiger partial charge is 0.490 e. The van der Waals surface area contributed by atoms with Crippen molar-refractivity contribution < 1.29 is 27.8 Å². The van der Waals surface area contributed by atoms with Crippen LogP contribution in [0, 0.1) is 6.92 Å². The summed E-state index contributed by atoms with van der Waals surface area (Å²) in [5.41, 5.74) is 1.89. The van der Waals surface area contributed by atoms with Crippen molar-refractivity contribution in [3.05, 3.63) is 66.4 Å². The zero-order chi connectivity index (χ0) is 29.0. The van der Waals surface area contributed by atoms with E-state index in [2.05, 4.69) is 33.1 Å². The van der Waals surface area contributed by atoms with Gasteiger partial charge in [-0.15, -0.1) is 0 Å². The number of benzene rings is 2. The van der Waals surface area contributed by atoms with Crippen molar-refractivity contribution in [2.45, 2.75) is 45.7 Å². The van der Waals surface area contributed by atoms with Crippen molar-refractivity contribution in [1.82, 2.24) is 14.9 Å². The zero-order valence-corrected chi connectivity index (χ0v) is 22.8. The Morgan fingerprint density at radius 3 is 2.25 bits per heavy atom. The summed E-state index contributed by atoms with van der Waals surface area (Å²) in [5, 5.41) is 10.5. The van der Waals surface area contributed by atoms with Gasteiger partial charge in [-0.2, -0.15) is 18.2 Å². The maximum atomic E-state index is 10.6. The molecule has 0 amide bonds. The van der Waals surface area contributed by atoms with Gasteiger partial charge in [0, 0.05) is 30.5 Å². The SMILES string of the molecule is CCN(CCCN1CCCCC1)c1cc(C)nc(Nc2ccc(Oc3ccccc3)cc2)n1.O=C(O)C(F)(F)F. The van der Waals surface area contributed by atoms with Crippen molar-refractivity contribution in [2.24, 2.45) is 0 Å². The Kier molecular flexibility index (Phi) is 11.6. The fourth-order valence-electron chi connectivity index (χ4n) is 4.23. The summed E-state index contributed by atoms with van der Waals surface area (Å²) in [6.07, 6.45) is 0.146. The van der Waals surface area contributed by atoms with Crippen LogP contribution in [0.15, 0.2) is 60.7 Å². The number of likely N-dealkylation sites (tertiary alicyclic amines) is 1. The standard InChI is InChI=1S/C27H35N5O.C2HF3O2/c1-3-32(20-10-19-31-17-8-5-9-18-31)26-21-22(2)28-27(30-26)29-23-13-15-25(16-14-23)33-24-11-6-4-7-12-24;3-2(4,5)1(6)7/h4,6-7,11-16,21H,3,5,8-10,17-20H2,1-2H3,(H,28,29,30);(H,6,7). The van der Waals surface area contributed by atoms with Crippen LogP contribution < -0.4 is 15.0 Å². The van der Waals surface area contributed by atoms with E-state index >= 15 is 0 Å². The normalized spacial score (nSPS) is 13.6. The van der Waals surface area contributed by atoms with E-state index in [4.69, 9.17) is 19.6 Å². The van der Waals surface area contributed by atoms with Crippen LogP contribution >= 0.6 is 0 Å². The molecule has 1 aromatic heterocycles. The molecule has 1 fully saturated rings. The van der Waals surface area contributed by atoms with E-state index < -0.39 is 12.1 Å². The predicted molar refractivity (Wildman–Crippen MR) is 149 cm³/mol. The fraction of sp³-hybridized carbons (Fsp3) is 0.414. The number of nitrogens with zero attached hydrogens (tertiary/aromatic N) is 4. The van der Waals surface area contributed by atoms with Crippen LogP contribution in [-0.4, -0.2) is 64.8 Å². The number of carboxylic acids is 1. The summed E-state index contributed by atoms with van der Waals surface area (Å²) in [7, 11) is 0. The smallest absolute Gasteiger partial charge is 0.475 e. The van der Waals surface area contributed by atoms with Crippen LogP contribution in [0.4, 0.5) is 30.6 Å². The second-order valence-corrected chi connectivity index (χ2v) is 9.39. The van der Waals surface area contributed by atoms with E-state index in [1.807, 2.05) is 61.5 Å². The van der Waals surface area contributed by atoms with Gasteiger partial charge in [-0.3, -0.25) is 0 Å². The third kappa shape index (κ3) is 10.4. The van der Waals surface area contributed by atoms with Crippen LogP contribution in [0.2, 0.25) is 0 Å². The van der Waals surface area contributed by atoms with Crippen molar-refractivity contribution in [3.8, 4) is 11.5 Å². The molecule has 8 nitrogen and oxygen atoms in total. The van der Waals surface area contributed by atoms with E-state index in [-0.39, 0.29) is 0 Å². The van der Waals surface area contributed by atoms with Gasteiger partial charge >= 0.3 is 12.1 Å². The van der Waals surface area contributed by atoms with Crippen molar-refractivity contribution in [3.63, 3.8) is 0 Å². The molecular formula is C29H36F3N5O3. The minimum atomic E-state index is -5.08. The van der Waals surface area contributed by atoms with Crippen LogP contribution in [0.1, 0.15) is 38.3 Å². The number of hydrogen-bond acceptors (Lipinski definition) is 7. The molecule has 2 aromatic carbocycles. The lowest BCUT2D eigenvalue weighted by Crippen LogP contribution is -2.33. The Morgan fingerprint density at radius 2 is 1.65 bits per heavy atom. The molecular weight excluding hydrogens is 523 g/mol. The lowest BCUT2D eigenvalue weighted by molar-refractivity contribution is -0.192. The third-order valence-corrected chi connectivity index (χ3v) is 6.23. The number of aliphatic carboxylic acids is 1. The fourth-order valence-corrected chi connectivity index (χ4v) is 4.23. The number of hydrogen-bond donors (Lipinski definition) is 2. The molecule has 11 heteroatoms. The van der Waals surface area contributed by atoms with Gasteiger partial charge in [0.1, 0.15) is 17.3 Å². The summed E-state index contributed by atoms with van der Waals surface area (Å²) in [6, 6.07) is 19.7. The number of ether oxygens (including phenoxy) is 1. The monoisotopic (exact) mass is 559 g/mol. The van der Waals surface area contributed by atoms with Gasteiger partial charge in [-0.05, 0) is 89.1 Å². The van der Waals surface area contributed by atoms with E-state index in [0.29, 0.717) is 5.95 Å². The summed E-state index contributed by atoms with van der Waals surface area (Å²) in [4.78, 5) is 23.3. The molecule has 216 valence electrons. The second-order valence-electron chi connectivity index (χ2n) is 9.39. The molecule has 0 bridgehead atoms. The van der Waals surface area contributed by atoms with Gasteiger partial charge in [0.25, 0.3) is 0 Å². The second kappa shape index (κ2) is 15.1. The number of nitrogens with one attached hydrogen (secondary N) is 1. The van der Waals surface area contributed by atoms with E-state index in [0.717, 1.165) is 48.2 Å². The average molecular weight is 560 g/mol. The van der Waals surface area contributed by atoms with E-state index in [1.54, 1.807) is 0 Å². The molecule has 0 aliphatic carbocycles. The maximum absolute atomic E-state index is 10.6. The number of para-hydroxylation sites is 1. The molecule has 1 aliphatic heterocycles. The highest BCUT2D eigenvalue weighted by Gasteiger charge is 2.38. The number of carboxylic acid groups (broad SMARTS) is 1. The Bertz CT molecular complexity index is 1190. The average Bonchev–Trinajstić information content (AvgIpc) is 2.93. The maximum Gasteiger partial charge on any atom is 0.490 e. The molecule has 3 aromatic rings. The van der Waals surface area contributed by atoms with Gasteiger partial charge in [0.2, 0.25) is 5.95 Å². The number of anilines is 3. The molecule has 0 unspecified atom stereocenters. The van der Waals surface area contributed by atoms with Crippen molar-refractivity contribution in [1.29, 1.82) is 0 Å². The highest BCUT2D eigenvalue weighted by Crippen LogP contribution is 2.24. The molecule has 0 radical (unpaired) electrons. The summed E-state index contributed by atoms with van der Waals surface area (Å²) < 4.78 is 37.6. The lowest BCUT2D eigenvalue weighted by Gasteiger charge is -2.28. The van der Waals surface area contributed by atoms with Gasteiger partial charge in [0.15, 0.2) is 0 Å². The Labute approximate surface area is 232 Å². The molecule has 2 N–H and O–H groups in total. The highest BCUT2D eigenvalue weighted by molar-refractivity contribution is 5.73. The minimum Gasteiger partial charge on any atom is -0.475 e. The zero-order valence-electron chi connectivity index (χ0n) is 22.8. The number of aromatic nitrogens is 2. The molecule has 2 heterocycles. The van der Waals surface area contributed by atoms with Gasteiger partial charge in [0.05, 0.1) is 0 Å². The minimum absolute atomic E-state index is 0.621. The van der Waals surface area contributed by atoms with Crippen LogP contribution in [0.25, 0.3) is 0 Å². The number of rotatable bonds is 10. The first-order valence-electron chi connectivity index (χ1n) is 13.4. The van der Waals surface area contributed by atoms with E-state index in [9.17, 15) is 13.2 Å². The number of halogens is 3. The highest BCUT2D eigenvalue weighted by atomic mass is 19.4. The third-order valence-electron chi connectivity index (χ3n) is 6.23. The van der Waals surface area contributed by atoms with E-state index in [1.165, 1.54) is 38.9 Å². The summed E-state index contributed by atoms with van der Waals surface area (Å²) in [6.45, 7) is 9.83. The summed E-state index contributed by atoms with van der Waals surface area (Å²) in [5.74, 6) is 0.465. The molecule has 0 spiro atoms. The Hall–Kier alpha value is -3.86. The lowest BCUT2D eigenvalue weighted by atomic mass is 10.1. The van der Waals surface area contributed by atoms with Crippen molar-refractivity contribution in [2.75, 3.05) is 42.9 Å². The Morgan fingerprint density at radius 1 is 1.02 bits per heavy atom. The van der Waals surface area contributed by atoms with Crippen LogP contribution in [-0.2, 0) is 4.79 Å². The molecule has 0 saturated carbocycles. The van der Waals surface area contributed by atoms with Gasteiger partial charge < -0.3 is 25.0 Å². The molecule has 1 saturated heterocycles. The van der Waals surface area contributed by atoms with Gasteiger partial charge in [-0.1, -0.05) is 24.6 Å². The van der Waals surface area contributed by atoms with Crippen molar-refractivity contribution >= 4 is 23.4 Å². The first-order valence-corrected chi connectivity index (χ1v) is 13.4. The number of piperidine rings is 1. The number of carbonyl (C=O) groups is 1. The number of aryl methyl sites for hydroxylation is 1. The first-order chi connectivity index (χ1) is 19.1. The number of alkyl halides is 3. The van der Waals surface area contributed by atoms with Crippen LogP contribution in [0.5, 0.6) is 11.5 Å². The molecule has 40 heavy (non-hydrogen) atoms. The van der Waals surface area contributed by atoms with Crippen LogP contribution in [0.3, 0.4) is 0 Å². The topological polar surface area (TPSA) is 90.8 Å².